The number of amides is 2. The summed E-state index contributed by atoms with van der Waals surface area (Å²) in [6.45, 7) is 4.69. The lowest BCUT2D eigenvalue weighted by molar-refractivity contribution is -0.135. The van der Waals surface area contributed by atoms with Gasteiger partial charge < -0.3 is 20.1 Å². The number of carbonyl (C=O) groups is 3. The third kappa shape index (κ3) is 6.08. The molecule has 0 bridgehead atoms. The second-order valence-electron chi connectivity index (χ2n) is 8.36. The van der Waals surface area contributed by atoms with E-state index in [0.29, 0.717) is 41.3 Å². The van der Waals surface area contributed by atoms with Gasteiger partial charge in [-0.1, -0.05) is 23.7 Å². The Labute approximate surface area is 192 Å². The highest BCUT2D eigenvalue weighted by Gasteiger charge is 2.32. The first-order valence-corrected chi connectivity index (χ1v) is 10.8. The van der Waals surface area contributed by atoms with Gasteiger partial charge in [0, 0.05) is 24.8 Å². The second kappa shape index (κ2) is 10.1. The SMILES string of the molecule is COC(=O)c1cc(CNC(=O)[C@H]2CCOC(C)(C)C2)cc(NC(=O)c2ccccc2Cl)c1. The first-order valence-electron chi connectivity index (χ1n) is 10.4. The summed E-state index contributed by atoms with van der Waals surface area (Å²) < 4.78 is 10.5. The topological polar surface area (TPSA) is 93.7 Å². The summed E-state index contributed by atoms with van der Waals surface area (Å²) >= 11 is 6.11. The lowest BCUT2D eigenvalue weighted by Gasteiger charge is -2.34. The zero-order valence-electron chi connectivity index (χ0n) is 18.4. The van der Waals surface area contributed by atoms with Crippen molar-refractivity contribution in [1.29, 1.82) is 0 Å². The first-order chi connectivity index (χ1) is 15.2. The summed E-state index contributed by atoms with van der Waals surface area (Å²) in [5, 5.41) is 6.01. The minimum atomic E-state index is -0.544. The van der Waals surface area contributed by atoms with E-state index in [-0.39, 0.29) is 29.5 Å². The summed E-state index contributed by atoms with van der Waals surface area (Å²) in [4.78, 5) is 37.4. The van der Waals surface area contributed by atoms with Gasteiger partial charge in [0.25, 0.3) is 5.91 Å². The summed E-state index contributed by atoms with van der Waals surface area (Å²) in [5.41, 5.74) is 1.30. The van der Waals surface area contributed by atoms with E-state index >= 15 is 0 Å². The molecule has 7 nitrogen and oxygen atoms in total. The van der Waals surface area contributed by atoms with Crippen molar-refractivity contribution < 1.29 is 23.9 Å². The van der Waals surface area contributed by atoms with Gasteiger partial charge in [-0.15, -0.1) is 0 Å². The molecule has 2 aromatic carbocycles. The van der Waals surface area contributed by atoms with E-state index in [2.05, 4.69) is 10.6 Å². The first kappa shape index (κ1) is 23.8. The predicted molar refractivity (Wildman–Crippen MR) is 122 cm³/mol. The van der Waals surface area contributed by atoms with Crippen LogP contribution in [0.15, 0.2) is 42.5 Å². The maximum absolute atomic E-state index is 12.7. The monoisotopic (exact) mass is 458 g/mol. The Morgan fingerprint density at radius 3 is 2.62 bits per heavy atom. The van der Waals surface area contributed by atoms with Gasteiger partial charge in [0.2, 0.25) is 5.91 Å². The number of rotatable bonds is 6. The molecule has 8 heteroatoms. The quantitative estimate of drug-likeness (QED) is 0.633. The normalized spacial score (nSPS) is 17.3. The molecule has 0 saturated carbocycles. The fraction of sp³-hybridized carbons (Fsp3) is 0.375. The number of benzene rings is 2. The molecule has 1 heterocycles. The molecule has 2 N–H and O–H groups in total. The van der Waals surface area contributed by atoms with Crippen molar-refractivity contribution in [2.24, 2.45) is 5.92 Å². The van der Waals surface area contributed by atoms with Crippen LogP contribution < -0.4 is 10.6 Å². The van der Waals surface area contributed by atoms with Crippen molar-refractivity contribution in [1.82, 2.24) is 5.32 Å². The zero-order valence-corrected chi connectivity index (χ0v) is 19.1. The Kier molecular flexibility index (Phi) is 7.53. The van der Waals surface area contributed by atoms with Crippen LogP contribution in [0, 0.1) is 5.92 Å². The molecule has 1 saturated heterocycles. The molecule has 0 unspecified atom stereocenters. The standard InChI is InChI=1S/C24H27ClN2O5/c1-24(2)13-16(8-9-32-24)21(28)26-14-15-10-17(23(30)31-3)12-18(11-15)27-22(29)19-6-4-5-7-20(19)25/h4-7,10-12,16H,8-9,13-14H2,1-3H3,(H,26,28)(H,27,29)/t16-/m0/s1. The number of anilines is 1. The van der Waals surface area contributed by atoms with E-state index in [1.54, 1.807) is 36.4 Å². The smallest absolute Gasteiger partial charge is 0.337 e. The Morgan fingerprint density at radius 1 is 1.19 bits per heavy atom. The number of hydrogen-bond acceptors (Lipinski definition) is 5. The molecule has 2 amide bonds. The average molecular weight is 459 g/mol. The van der Waals surface area contributed by atoms with Crippen LogP contribution >= 0.6 is 11.6 Å². The number of nitrogens with one attached hydrogen (secondary N) is 2. The molecule has 170 valence electrons. The van der Waals surface area contributed by atoms with Crippen LogP contribution in [-0.2, 0) is 20.8 Å². The molecule has 3 rings (SSSR count). The van der Waals surface area contributed by atoms with Gasteiger partial charge in [0.05, 0.1) is 28.9 Å². The summed E-state index contributed by atoms with van der Waals surface area (Å²) in [6.07, 6.45) is 1.30. The molecule has 0 spiro atoms. The van der Waals surface area contributed by atoms with Crippen LogP contribution in [0.25, 0.3) is 0 Å². The molecule has 1 fully saturated rings. The van der Waals surface area contributed by atoms with Crippen LogP contribution in [0.5, 0.6) is 0 Å². The fourth-order valence-corrected chi connectivity index (χ4v) is 3.96. The maximum atomic E-state index is 12.7. The van der Waals surface area contributed by atoms with Gasteiger partial charge in [-0.3, -0.25) is 9.59 Å². The van der Waals surface area contributed by atoms with E-state index < -0.39 is 11.9 Å². The Hall–Kier alpha value is -2.90. The van der Waals surface area contributed by atoms with Crippen LogP contribution in [0.4, 0.5) is 5.69 Å². The Bertz CT molecular complexity index is 1020. The van der Waals surface area contributed by atoms with Crippen LogP contribution in [0.2, 0.25) is 5.02 Å². The highest BCUT2D eigenvalue weighted by molar-refractivity contribution is 6.34. The fourth-order valence-electron chi connectivity index (χ4n) is 3.73. The molecular formula is C24H27ClN2O5. The van der Waals surface area contributed by atoms with E-state index in [4.69, 9.17) is 21.1 Å². The van der Waals surface area contributed by atoms with Crippen molar-refractivity contribution >= 4 is 35.1 Å². The number of methoxy groups -OCH3 is 1. The molecule has 1 aliphatic heterocycles. The number of hydrogen-bond donors (Lipinski definition) is 2. The number of esters is 1. The molecular weight excluding hydrogens is 432 g/mol. The third-order valence-corrected chi connectivity index (χ3v) is 5.65. The maximum Gasteiger partial charge on any atom is 0.337 e. The van der Waals surface area contributed by atoms with Gasteiger partial charge in [-0.2, -0.15) is 0 Å². The zero-order chi connectivity index (χ0) is 23.3. The Morgan fingerprint density at radius 2 is 1.94 bits per heavy atom. The third-order valence-electron chi connectivity index (χ3n) is 5.32. The van der Waals surface area contributed by atoms with Gasteiger partial charge >= 0.3 is 5.97 Å². The average Bonchev–Trinajstić information content (AvgIpc) is 2.76. The molecule has 1 atom stereocenters. The van der Waals surface area contributed by atoms with Crippen molar-refractivity contribution in [3.63, 3.8) is 0 Å². The van der Waals surface area contributed by atoms with Crippen molar-refractivity contribution in [2.45, 2.75) is 38.8 Å². The van der Waals surface area contributed by atoms with Gasteiger partial charge in [-0.05, 0) is 62.6 Å². The van der Waals surface area contributed by atoms with E-state index in [0.717, 1.165) is 0 Å². The second-order valence-corrected chi connectivity index (χ2v) is 8.77. The van der Waals surface area contributed by atoms with Crippen LogP contribution in [0.3, 0.4) is 0 Å². The lowest BCUT2D eigenvalue weighted by atomic mass is 9.88. The molecule has 1 aliphatic rings. The minimum Gasteiger partial charge on any atom is -0.465 e. The molecule has 0 aromatic heterocycles. The van der Waals surface area contributed by atoms with Crippen molar-refractivity contribution in [3.8, 4) is 0 Å². The van der Waals surface area contributed by atoms with Gasteiger partial charge in [0.15, 0.2) is 0 Å². The predicted octanol–water partition coefficient (Wildman–Crippen LogP) is 4.20. The summed E-state index contributed by atoms with van der Waals surface area (Å²) in [6, 6.07) is 11.5. The van der Waals surface area contributed by atoms with Crippen molar-refractivity contribution in [2.75, 3.05) is 19.0 Å². The van der Waals surface area contributed by atoms with Gasteiger partial charge in [0.1, 0.15) is 0 Å². The highest BCUT2D eigenvalue weighted by Crippen LogP contribution is 2.28. The molecule has 2 aromatic rings. The Balaban J connectivity index is 1.75. The highest BCUT2D eigenvalue weighted by atomic mass is 35.5. The number of ether oxygens (including phenoxy) is 2. The van der Waals surface area contributed by atoms with Crippen LogP contribution in [-0.4, -0.2) is 37.1 Å². The minimum absolute atomic E-state index is 0.0634. The van der Waals surface area contributed by atoms with E-state index in [1.807, 2.05) is 13.8 Å². The van der Waals surface area contributed by atoms with Crippen LogP contribution in [0.1, 0.15) is 53.0 Å². The lowest BCUT2D eigenvalue weighted by Crippen LogP contribution is -2.41. The molecule has 32 heavy (non-hydrogen) atoms. The van der Waals surface area contributed by atoms with E-state index in [9.17, 15) is 14.4 Å². The summed E-state index contributed by atoms with van der Waals surface area (Å²) in [7, 11) is 1.28. The molecule has 0 radical (unpaired) electrons. The number of carbonyl (C=O) groups excluding carboxylic acids is 3. The largest absolute Gasteiger partial charge is 0.465 e. The van der Waals surface area contributed by atoms with Gasteiger partial charge in [-0.25, -0.2) is 4.79 Å². The summed E-state index contributed by atoms with van der Waals surface area (Å²) in [5.74, 6) is -1.15. The van der Waals surface area contributed by atoms with Crippen molar-refractivity contribution in [3.05, 3.63) is 64.2 Å². The number of halogens is 1. The van der Waals surface area contributed by atoms with E-state index in [1.165, 1.54) is 13.2 Å². The molecule has 0 aliphatic carbocycles.